The van der Waals surface area contributed by atoms with E-state index in [2.05, 4.69) is 19.1 Å². The third kappa shape index (κ3) is 6.68. The van der Waals surface area contributed by atoms with Crippen LogP contribution in [0, 0.1) is 5.92 Å². The maximum atomic E-state index is 12.1. The highest BCUT2D eigenvalue weighted by molar-refractivity contribution is 5.75. The van der Waals surface area contributed by atoms with Crippen molar-refractivity contribution < 1.29 is 23.7 Å². The number of rotatable bonds is 8. The molecule has 0 aromatic heterocycles. The van der Waals surface area contributed by atoms with Crippen LogP contribution in [0.2, 0.25) is 0 Å². The van der Waals surface area contributed by atoms with Gasteiger partial charge in [-0.05, 0) is 25.3 Å². The normalized spacial score (nSPS) is 27.3. The Kier molecular flexibility index (Phi) is 9.05. The van der Waals surface area contributed by atoms with Gasteiger partial charge in [0.25, 0.3) is 0 Å². The number of nitrogens with two attached hydrogens (primary N) is 1. The van der Waals surface area contributed by atoms with Gasteiger partial charge in [0.15, 0.2) is 0 Å². The second kappa shape index (κ2) is 11.3. The predicted molar refractivity (Wildman–Crippen MR) is 98.6 cm³/mol. The highest BCUT2D eigenvalue weighted by atomic mass is 16.7. The molecular formula is C20H31NO5. The number of carbonyl (C=O) groups excluding carboxylic acids is 1. The molecule has 26 heavy (non-hydrogen) atoms. The Balaban J connectivity index is 2.07. The SMILES string of the molecule is CCCCOCO[C@H]1COC[C@H](N)C(=O)O[C@@H](C)[C@@H]1Cc1ccccc1. The predicted octanol–water partition coefficient (Wildman–Crippen LogP) is 2.29. The summed E-state index contributed by atoms with van der Waals surface area (Å²) in [7, 11) is 0. The quantitative estimate of drug-likeness (QED) is 0.433. The molecule has 0 spiro atoms. The van der Waals surface area contributed by atoms with Gasteiger partial charge < -0.3 is 24.7 Å². The summed E-state index contributed by atoms with van der Waals surface area (Å²) in [6, 6.07) is 9.32. The van der Waals surface area contributed by atoms with Crippen molar-refractivity contribution in [2.24, 2.45) is 11.7 Å². The molecule has 6 heteroatoms. The number of cyclic esters (lactones) is 1. The van der Waals surface area contributed by atoms with Gasteiger partial charge in [0, 0.05) is 12.5 Å². The lowest BCUT2D eigenvalue weighted by Crippen LogP contribution is -2.40. The van der Waals surface area contributed by atoms with Crippen molar-refractivity contribution in [2.45, 2.75) is 51.4 Å². The summed E-state index contributed by atoms with van der Waals surface area (Å²) in [5.74, 6) is -0.489. The van der Waals surface area contributed by atoms with Gasteiger partial charge in [-0.2, -0.15) is 0 Å². The summed E-state index contributed by atoms with van der Waals surface area (Å²) in [6.45, 7) is 5.35. The molecule has 4 atom stereocenters. The Morgan fingerprint density at radius 3 is 2.73 bits per heavy atom. The van der Waals surface area contributed by atoms with Crippen molar-refractivity contribution in [2.75, 3.05) is 26.6 Å². The first kappa shape index (κ1) is 20.8. The van der Waals surface area contributed by atoms with Gasteiger partial charge in [-0.25, -0.2) is 0 Å². The molecule has 0 unspecified atom stereocenters. The molecule has 1 aliphatic rings. The lowest BCUT2D eigenvalue weighted by atomic mass is 9.89. The number of unbranched alkanes of at least 4 members (excludes halogenated alkanes) is 1. The Morgan fingerprint density at radius 1 is 1.23 bits per heavy atom. The van der Waals surface area contributed by atoms with Crippen LogP contribution in [0.15, 0.2) is 30.3 Å². The zero-order valence-corrected chi connectivity index (χ0v) is 15.8. The smallest absolute Gasteiger partial charge is 0.325 e. The summed E-state index contributed by atoms with van der Waals surface area (Å²) in [4.78, 5) is 12.1. The van der Waals surface area contributed by atoms with Gasteiger partial charge in [-0.3, -0.25) is 4.79 Å². The van der Waals surface area contributed by atoms with Crippen LogP contribution in [0.5, 0.6) is 0 Å². The highest BCUT2D eigenvalue weighted by Gasteiger charge is 2.34. The number of ether oxygens (including phenoxy) is 4. The largest absolute Gasteiger partial charge is 0.461 e. The van der Waals surface area contributed by atoms with Crippen molar-refractivity contribution in [1.29, 1.82) is 0 Å². The number of hydrogen-bond acceptors (Lipinski definition) is 6. The zero-order valence-electron chi connectivity index (χ0n) is 15.8. The first-order chi connectivity index (χ1) is 12.6. The molecule has 1 aromatic carbocycles. The maximum Gasteiger partial charge on any atom is 0.325 e. The van der Waals surface area contributed by atoms with E-state index in [9.17, 15) is 4.79 Å². The van der Waals surface area contributed by atoms with E-state index >= 15 is 0 Å². The summed E-state index contributed by atoms with van der Waals surface area (Å²) < 4.78 is 22.7. The Labute approximate surface area is 155 Å². The van der Waals surface area contributed by atoms with Gasteiger partial charge in [0.1, 0.15) is 18.9 Å². The monoisotopic (exact) mass is 365 g/mol. The lowest BCUT2D eigenvalue weighted by Gasteiger charge is -2.30. The lowest BCUT2D eigenvalue weighted by molar-refractivity contribution is -0.159. The number of carbonyl (C=O) groups is 1. The van der Waals surface area contributed by atoms with E-state index in [1.54, 1.807) is 0 Å². The van der Waals surface area contributed by atoms with Crippen molar-refractivity contribution >= 4 is 5.97 Å². The minimum Gasteiger partial charge on any atom is -0.461 e. The van der Waals surface area contributed by atoms with Crippen molar-refractivity contribution in [3.05, 3.63) is 35.9 Å². The molecular weight excluding hydrogens is 334 g/mol. The molecule has 0 saturated carbocycles. The second-order valence-electron chi connectivity index (χ2n) is 6.72. The molecule has 146 valence electrons. The van der Waals surface area contributed by atoms with Crippen LogP contribution < -0.4 is 5.73 Å². The first-order valence-corrected chi connectivity index (χ1v) is 9.39. The minimum absolute atomic E-state index is 0.0542. The van der Waals surface area contributed by atoms with Crippen molar-refractivity contribution in [1.82, 2.24) is 0 Å². The minimum atomic E-state index is -0.769. The fourth-order valence-electron chi connectivity index (χ4n) is 2.96. The number of hydrogen-bond donors (Lipinski definition) is 1. The van der Waals surface area contributed by atoms with E-state index in [-0.39, 0.29) is 31.5 Å². The van der Waals surface area contributed by atoms with Gasteiger partial charge >= 0.3 is 5.97 Å². The Bertz CT molecular complexity index is 524. The van der Waals surface area contributed by atoms with Crippen LogP contribution in [0.25, 0.3) is 0 Å². The average molecular weight is 365 g/mol. The molecule has 1 saturated heterocycles. The van der Waals surface area contributed by atoms with Crippen molar-refractivity contribution in [3.63, 3.8) is 0 Å². The topological polar surface area (TPSA) is 80.0 Å². The van der Waals surface area contributed by atoms with Crippen LogP contribution >= 0.6 is 0 Å². The highest BCUT2D eigenvalue weighted by Crippen LogP contribution is 2.23. The van der Waals surface area contributed by atoms with Gasteiger partial charge in [-0.1, -0.05) is 43.7 Å². The molecule has 0 bridgehead atoms. The molecule has 1 aromatic rings. The molecule has 6 nitrogen and oxygen atoms in total. The van der Waals surface area contributed by atoms with Gasteiger partial charge in [0.05, 0.1) is 19.3 Å². The van der Waals surface area contributed by atoms with E-state index in [0.717, 1.165) is 18.4 Å². The standard InChI is InChI=1S/C20H31NO5/c1-3-4-10-23-14-25-19-13-24-12-18(21)20(22)26-15(2)17(19)11-16-8-6-5-7-9-16/h5-9,15,17-19H,3-4,10-14,21H2,1-2H3/t15-,17-,18-,19-/m0/s1. The number of esters is 1. The third-order valence-corrected chi connectivity index (χ3v) is 4.59. The number of benzene rings is 1. The zero-order chi connectivity index (χ0) is 18.8. The van der Waals surface area contributed by atoms with Crippen LogP contribution in [0.3, 0.4) is 0 Å². The molecule has 1 aliphatic heterocycles. The summed E-state index contributed by atoms with van der Waals surface area (Å²) in [6.07, 6.45) is 2.21. The fraction of sp³-hybridized carbons (Fsp3) is 0.650. The fourth-order valence-corrected chi connectivity index (χ4v) is 2.96. The molecule has 2 rings (SSSR count). The molecule has 2 N–H and O–H groups in total. The van der Waals surface area contributed by atoms with Crippen LogP contribution in [-0.4, -0.2) is 50.8 Å². The Morgan fingerprint density at radius 2 is 2.00 bits per heavy atom. The van der Waals surface area contributed by atoms with Crippen LogP contribution in [0.1, 0.15) is 32.3 Å². The van der Waals surface area contributed by atoms with E-state index in [0.29, 0.717) is 19.6 Å². The molecule has 1 heterocycles. The van der Waals surface area contributed by atoms with Crippen LogP contribution in [0.4, 0.5) is 0 Å². The second-order valence-corrected chi connectivity index (χ2v) is 6.72. The summed E-state index contributed by atoms with van der Waals surface area (Å²) >= 11 is 0. The summed E-state index contributed by atoms with van der Waals surface area (Å²) in [5, 5.41) is 0. The van der Waals surface area contributed by atoms with E-state index in [4.69, 9.17) is 24.7 Å². The maximum absolute atomic E-state index is 12.1. The Hall–Kier alpha value is -1.47. The third-order valence-electron chi connectivity index (χ3n) is 4.59. The van der Waals surface area contributed by atoms with Gasteiger partial charge in [0.2, 0.25) is 0 Å². The molecule has 0 radical (unpaired) electrons. The molecule has 0 aliphatic carbocycles. The van der Waals surface area contributed by atoms with Gasteiger partial charge in [-0.15, -0.1) is 0 Å². The summed E-state index contributed by atoms with van der Waals surface area (Å²) in [5.41, 5.74) is 6.97. The van der Waals surface area contributed by atoms with Crippen LogP contribution in [-0.2, 0) is 30.2 Å². The van der Waals surface area contributed by atoms with E-state index in [1.165, 1.54) is 0 Å². The average Bonchev–Trinajstić information content (AvgIpc) is 2.68. The van der Waals surface area contributed by atoms with Crippen molar-refractivity contribution in [3.8, 4) is 0 Å². The molecule has 0 amide bonds. The van der Waals surface area contributed by atoms with E-state index in [1.807, 2.05) is 25.1 Å². The van der Waals surface area contributed by atoms with E-state index < -0.39 is 12.0 Å². The first-order valence-electron chi connectivity index (χ1n) is 9.39. The molecule has 1 fully saturated rings.